The number of phenolic OH excluding ortho intramolecular Hbond substituents is 2. The fraction of sp³-hybridized carbons (Fsp3) is 0.436. The summed E-state index contributed by atoms with van der Waals surface area (Å²) in [6.45, 7) is 13.5. The van der Waals surface area contributed by atoms with Crippen molar-refractivity contribution in [1.82, 2.24) is 78.8 Å². The molecule has 3 heterocycles. The van der Waals surface area contributed by atoms with Gasteiger partial charge in [0.1, 0.15) is 69.8 Å². The number of hydrogen-bond acceptors (Lipinski definition) is 26. The van der Waals surface area contributed by atoms with Gasteiger partial charge in [0.05, 0.1) is 25.8 Å². The van der Waals surface area contributed by atoms with E-state index in [1.807, 2.05) is 43.2 Å². The lowest BCUT2D eigenvalue weighted by Crippen LogP contribution is -2.60. The molecule has 6 atom stereocenters. The molecule has 2 aliphatic heterocycles. The number of nitrogens with zero attached hydrogens (tertiary/aromatic N) is 5. The normalized spacial score (nSPS) is 15.0. The number of aromatic hydroxyl groups is 2. The molecule has 0 fully saturated rings. The first-order chi connectivity index (χ1) is 67.6. The Bertz CT molecular complexity index is 6590. The third kappa shape index (κ3) is 32.2. The van der Waals surface area contributed by atoms with Gasteiger partial charge in [0.25, 0.3) is 30.4 Å². The van der Waals surface area contributed by atoms with Crippen LogP contribution in [0.15, 0.2) is 159 Å². The maximum absolute atomic E-state index is 14.7. The summed E-state index contributed by atoms with van der Waals surface area (Å²) in [5.41, 5.74) is 19.9. The predicted octanol–water partition coefficient (Wildman–Crippen LogP) is 3.61. The van der Waals surface area contributed by atoms with E-state index in [0.717, 1.165) is 12.1 Å². The summed E-state index contributed by atoms with van der Waals surface area (Å²) in [4.78, 5) is 123. The van der Waals surface area contributed by atoms with E-state index in [2.05, 4.69) is 74.1 Å². The number of aromatic nitrogens is 3. The molecule has 46 nitrogen and oxygen atoms in total. The number of primary amides is 1. The van der Waals surface area contributed by atoms with E-state index >= 15 is 0 Å². The first kappa shape index (κ1) is 114. The van der Waals surface area contributed by atoms with Gasteiger partial charge in [-0.15, -0.1) is 5.10 Å². The van der Waals surface area contributed by atoms with Gasteiger partial charge in [0, 0.05) is 123 Å². The van der Waals surface area contributed by atoms with Gasteiger partial charge in [-0.25, -0.2) is 13.2 Å². The fourth-order valence-corrected chi connectivity index (χ4v) is 20.0. The number of anilines is 1. The highest BCUT2D eigenvalue weighted by atomic mass is 32.2. The van der Waals surface area contributed by atoms with Crippen LogP contribution >= 0.6 is 0 Å². The molecular weight excluding hydrogens is 1950 g/mol. The van der Waals surface area contributed by atoms with Crippen LogP contribution in [0, 0.1) is 22.1 Å². The zero-order chi connectivity index (χ0) is 106. The maximum Gasteiger partial charge on any atom is 0.321 e. The van der Waals surface area contributed by atoms with Crippen molar-refractivity contribution in [1.29, 1.82) is 16.2 Å². The Morgan fingerprint density at radius 1 is 0.514 bits per heavy atom. The molecule has 0 aliphatic carbocycles. The molecule has 2 aliphatic rings. The molecular formula is C94H127N23O23S4. The van der Waals surface area contributed by atoms with Gasteiger partial charge in [-0.3, -0.25) is 78.2 Å². The highest BCUT2D eigenvalue weighted by Crippen LogP contribution is 2.52. The number of hydrogen-bond donors (Lipinski definition) is 23. The highest BCUT2D eigenvalue weighted by Gasteiger charge is 2.46. The number of urea groups is 1. The van der Waals surface area contributed by atoms with E-state index in [4.69, 9.17) is 33.4 Å². The van der Waals surface area contributed by atoms with Gasteiger partial charge in [0.15, 0.2) is 23.6 Å². The number of benzene rings is 6. The van der Waals surface area contributed by atoms with Crippen LogP contribution in [0.3, 0.4) is 0 Å². The first-order valence-corrected chi connectivity index (χ1v) is 52.2. The molecule has 0 saturated heterocycles. The second kappa shape index (κ2) is 50.3. The smallest absolute Gasteiger partial charge is 0.321 e. The molecule has 1 aromatic heterocycles. The lowest BCUT2D eigenvalue weighted by atomic mass is 9.79. The van der Waals surface area contributed by atoms with Crippen molar-refractivity contribution in [2.24, 2.45) is 23.1 Å². The minimum absolute atomic E-state index is 0.00345. The van der Waals surface area contributed by atoms with Crippen molar-refractivity contribution in [2.75, 3.05) is 51.2 Å². The van der Waals surface area contributed by atoms with Gasteiger partial charge in [0.2, 0.25) is 52.9 Å². The predicted molar refractivity (Wildman–Crippen MR) is 534 cm³/mol. The summed E-state index contributed by atoms with van der Waals surface area (Å²) in [5, 5.41) is 84.3. The minimum Gasteiger partial charge on any atom is -0.744 e. The number of amides is 10. The topological polar surface area (TPSA) is 745 Å². The summed E-state index contributed by atoms with van der Waals surface area (Å²) < 4.78 is 147. The van der Waals surface area contributed by atoms with Crippen molar-refractivity contribution in [2.45, 2.75) is 231 Å². The molecule has 0 unspecified atom stereocenters. The summed E-state index contributed by atoms with van der Waals surface area (Å²) in [6, 6.07) is 12.3. The number of fused-ring (bicyclic) bond motifs is 6. The summed E-state index contributed by atoms with van der Waals surface area (Å²) >= 11 is 0. The van der Waals surface area contributed by atoms with Crippen molar-refractivity contribution < 1.29 is 110 Å². The molecule has 780 valence electrons. The van der Waals surface area contributed by atoms with E-state index in [1.54, 1.807) is 68.2 Å². The summed E-state index contributed by atoms with van der Waals surface area (Å²) in [6.07, 6.45) is 14.3. The molecule has 0 spiro atoms. The second-order valence-corrected chi connectivity index (χ2v) is 42.1. The third-order valence-corrected chi connectivity index (χ3v) is 27.7. The Morgan fingerprint density at radius 3 is 1.55 bits per heavy atom. The minimum atomic E-state index is -5.23. The number of nitrogens with two attached hydrogens (primary N) is 3. The zero-order valence-electron chi connectivity index (χ0n) is 80.9. The van der Waals surface area contributed by atoms with Gasteiger partial charge in [-0.2, -0.15) is 29.8 Å². The number of carbonyl (C=O) groups is 9. The Labute approximate surface area is 834 Å². The molecule has 6 aromatic carbocycles. The molecule has 7 aromatic rings. The van der Waals surface area contributed by atoms with Gasteiger partial charge in [-0.1, -0.05) is 87.9 Å². The van der Waals surface area contributed by atoms with Crippen molar-refractivity contribution in [3.8, 4) is 11.5 Å². The molecule has 50 heteroatoms. The fourth-order valence-electron chi connectivity index (χ4n) is 17.3. The second-order valence-electron chi connectivity index (χ2n) is 36.5. The lowest BCUT2D eigenvalue weighted by Gasteiger charge is -2.28. The van der Waals surface area contributed by atoms with E-state index in [-0.39, 0.29) is 153 Å². The van der Waals surface area contributed by atoms with Crippen molar-refractivity contribution in [3.63, 3.8) is 0 Å². The van der Waals surface area contributed by atoms with Crippen LogP contribution in [-0.4, -0.2) is 241 Å². The van der Waals surface area contributed by atoms with Crippen LogP contribution in [0.2, 0.25) is 0 Å². The average Bonchev–Trinajstić information content (AvgIpc) is 1.54. The van der Waals surface area contributed by atoms with Gasteiger partial charge in [-0.05, 0) is 197 Å². The van der Waals surface area contributed by atoms with E-state index in [1.165, 1.54) is 67.6 Å². The van der Waals surface area contributed by atoms with Crippen molar-refractivity contribution >= 4 is 150 Å². The molecule has 10 amide bonds. The maximum atomic E-state index is 14.7. The van der Waals surface area contributed by atoms with Crippen LogP contribution in [-0.2, 0) is 115 Å². The van der Waals surface area contributed by atoms with Crippen LogP contribution < -0.4 is 85.9 Å². The first-order valence-electron chi connectivity index (χ1n) is 46.5. The lowest BCUT2D eigenvalue weighted by molar-refractivity contribution is -0.401. The van der Waals surface area contributed by atoms with Crippen LogP contribution in [0.1, 0.15) is 166 Å². The third-order valence-electron chi connectivity index (χ3n) is 24.2. The Hall–Kier alpha value is -14.1. The number of carbonyl (C=O) groups excluding carboxylic acids is 9. The Morgan fingerprint density at radius 2 is 1.01 bits per heavy atom. The largest absolute Gasteiger partial charge is 0.744 e. The molecule has 0 bridgehead atoms. The van der Waals surface area contributed by atoms with E-state index in [9.17, 15) is 105 Å². The van der Waals surface area contributed by atoms with E-state index in [0.29, 0.717) is 127 Å². The Kier molecular flexibility index (Phi) is 39.6. The summed E-state index contributed by atoms with van der Waals surface area (Å²) in [7, 11) is -18.5. The van der Waals surface area contributed by atoms with Crippen LogP contribution in [0.4, 0.5) is 16.2 Å². The van der Waals surface area contributed by atoms with Crippen LogP contribution in [0.5, 0.6) is 11.5 Å². The molecule has 0 radical (unpaired) electrons. The summed E-state index contributed by atoms with van der Waals surface area (Å²) in [5.74, 6) is -7.51. The average molecular weight is 2080 g/mol. The molecule has 0 saturated carbocycles. The molecule has 144 heavy (non-hydrogen) atoms. The number of phenols is 2. The number of rotatable bonds is 52. The number of aryl methyl sites for hydroxylation is 2. The van der Waals surface area contributed by atoms with E-state index < -0.39 is 155 Å². The molecule has 9 rings (SSSR count). The number of unbranched alkanes of at least 4 members (excludes halogenated alkanes) is 3. The molecule has 26 N–H and O–H groups in total. The number of nitrogens with one attached hydrogen (secondary N) is 15. The number of guanidine groups is 3. The monoisotopic (exact) mass is 2070 g/mol. The number of allylic oxidation sites excluding steroid dienone is 6. The van der Waals surface area contributed by atoms with Crippen LogP contribution in [0.25, 0.3) is 21.5 Å². The van der Waals surface area contributed by atoms with Crippen molar-refractivity contribution in [3.05, 3.63) is 167 Å². The SMILES string of the molecule is CC(=O)N[C@@H](CCCNC(=N)NC(=O)NCCCCc1cn(CCCNC(=O)CCCCCN2/C(=C/C=C/C=C/C3=[N+](C)c4ccc5c(S(=O)(=O)[O-])cc(S(=O)(=O)O)cc5c4C3(C)C)C(C)(C)c3c2ccc2c(S(=O)(=O)O)cc(S(=O)(=O)O)cc32)nn1)C(=O)N[C@@H](Cc1ccc(O)cc1)C(=O)N[C@@H](CCCNC(=N)N)C(=O)N[C@@H](CC(C)C)C(=O)N[C@@H](CCCNC(=N)N)C(=O)N[C@@H](Cc1ccc(O)cc1)C(N)=O. The standard InChI is InChI=1S/C94H127N23O23S4/c1-55(2)47-72(87(126)107-69(23-17-41-102-89(96)97)85(124)109-71(83(95)122)48-57-28-32-60(119)33-29-57)110-86(125)70(24-18-42-103-90(98)99)108-88(127)73(49-58-30-34-61(120)35-31-58)111-84(123)68(106-56(3)118)22-19-43-104-91(100)112-92(128)105-40-15-14-21-59-54-116(114-113-59)45-20-44-101-80(121)27-13-10-16-46-117-75-39-37-65-67(51-63(142(132,133)134)53-77(65)144(138,139)140)82(75)94(6,7)79(117)26-12-9-11-25-78-93(4,5)81-66-50-62(141(129,130)131)52-76(143(135,136)137)64(66)36-38-74(81)115(78)8/h9,11-12,25-26,28-39,50-55,68-73H,10,13-24,27,40-49H2,1-8H3,(H26-,95,96,97,98,99,100,101,102,103,104,105,106,107,108,109,110,111,112,118,119,120,121,122,123,124,125,126,127,128,129,130,131,132,133,134,135,136,137,138,139,140)/t68-,69-,70-,71-,72-,73-/m0/s1. The van der Waals surface area contributed by atoms with Gasteiger partial charge < -0.3 is 95.4 Å². The highest BCUT2D eigenvalue weighted by molar-refractivity contribution is 7.87. The zero-order valence-corrected chi connectivity index (χ0v) is 84.2. The quantitative estimate of drug-likeness (QED) is 0.00646. The Balaban J connectivity index is 0.726. The van der Waals surface area contributed by atoms with Gasteiger partial charge >= 0.3 is 6.03 Å².